The fraction of sp³-hybridized carbons (Fsp3) is 0. The molecule has 0 N–H and O–H groups in total. The van der Waals surface area contributed by atoms with E-state index >= 15 is 0 Å². The van der Waals surface area contributed by atoms with Gasteiger partial charge in [-0.05, 0) is 56.1 Å². The Morgan fingerprint density at radius 3 is 2.62 bits per heavy atom. The number of hydrogen-bond acceptors (Lipinski definition) is 2. The Balaban J connectivity index is 2.13. The van der Waals surface area contributed by atoms with E-state index in [4.69, 9.17) is 16.0 Å². The molecule has 21 heavy (non-hydrogen) atoms. The minimum atomic E-state index is -0.768. The highest BCUT2D eigenvalue weighted by atomic mass is 79.9. The molecule has 0 unspecified atom stereocenters. The van der Waals surface area contributed by atoms with E-state index in [0.717, 1.165) is 9.86 Å². The Bertz CT molecular complexity index is 873. The molecule has 0 aliphatic heterocycles. The van der Waals surface area contributed by atoms with Crippen molar-refractivity contribution in [3.63, 3.8) is 0 Å². The topological polar surface area (TPSA) is 30.2 Å². The molecule has 0 bridgehead atoms. The SMILES string of the molecule is O=C(c1cc2cccc(Br)c2o1)c1ccc(Br)c(Cl)c1F. The number of furan rings is 1. The number of benzene rings is 2. The van der Waals surface area contributed by atoms with Crippen LogP contribution in [0, 0.1) is 5.82 Å². The minimum absolute atomic E-state index is 0.0641. The van der Waals surface area contributed by atoms with Crippen LogP contribution in [-0.2, 0) is 0 Å². The maximum atomic E-state index is 14.1. The van der Waals surface area contributed by atoms with Gasteiger partial charge in [-0.3, -0.25) is 4.79 Å². The number of hydrogen-bond donors (Lipinski definition) is 0. The second-order valence-electron chi connectivity index (χ2n) is 4.32. The van der Waals surface area contributed by atoms with Gasteiger partial charge in [0.1, 0.15) is 5.58 Å². The summed E-state index contributed by atoms with van der Waals surface area (Å²) >= 11 is 12.3. The normalized spacial score (nSPS) is 11.0. The van der Waals surface area contributed by atoms with Crippen molar-refractivity contribution >= 4 is 60.2 Å². The first-order valence-electron chi connectivity index (χ1n) is 5.85. The number of carbonyl (C=O) groups excluding carboxylic acids is 1. The molecule has 0 fully saturated rings. The van der Waals surface area contributed by atoms with Gasteiger partial charge in [0.15, 0.2) is 11.6 Å². The van der Waals surface area contributed by atoms with Gasteiger partial charge < -0.3 is 4.42 Å². The average molecular weight is 432 g/mol. The lowest BCUT2D eigenvalue weighted by atomic mass is 10.1. The summed E-state index contributed by atoms with van der Waals surface area (Å²) in [6.45, 7) is 0. The zero-order chi connectivity index (χ0) is 15.1. The second-order valence-corrected chi connectivity index (χ2v) is 6.41. The van der Waals surface area contributed by atoms with Crippen molar-refractivity contribution in [3.05, 3.63) is 67.5 Å². The summed E-state index contributed by atoms with van der Waals surface area (Å²) in [5.74, 6) is -1.25. The van der Waals surface area contributed by atoms with Crippen LogP contribution in [0.1, 0.15) is 16.1 Å². The molecule has 2 aromatic carbocycles. The van der Waals surface area contributed by atoms with E-state index in [1.807, 2.05) is 12.1 Å². The average Bonchev–Trinajstić information content (AvgIpc) is 2.90. The first-order valence-corrected chi connectivity index (χ1v) is 7.81. The zero-order valence-electron chi connectivity index (χ0n) is 10.3. The Morgan fingerprint density at radius 1 is 1.14 bits per heavy atom. The third-order valence-electron chi connectivity index (χ3n) is 3.00. The first-order chi connectivity index (χ1) is 9.99. The lowest BCUT2D eigenvalue weighted by molar-refractivity contribution is 0.101. The van der Waals surface area contributed by atoms with Crippen molar-refractivity contribution in [2.24, 2.45) is 0 Å². The van der Waals surface area contributed by atoms with Crippen molar-refractivity contribution in [2.45, 2.75) is 0 Å². The smallest absolute Gasteiger partial charge is 0.231 e. The Kier molecular flexibility index (Phi) is 3.90. The number of rotatable bonds is 2. The number of ketones is 1. The number of fused-ring (bicyclic) bond motifs is 1. The lowest BCUT2D eigenvalue weighted by Crippen LogP contribution is -2.03. The fourth-order valence-electron chi connectivity index (χ4n) is 1.97. The predicted molar refractivity (Wildman–Crippen MR) is 86.5 cm³/mol. The highest BCUT2D eigenvalue weighted by molar-refractivity contribution is 9.11. The summed E-state index contributed by atoms with van der Waals surface area (Å²) in [6.07, 6.45) is 0. The summed E-state index contributed by atoms with van der Waals surface area (Å²) in [6, 6.07) is 9.92. The quantitative estimate of drug-likeness (QED) is 0.368. The molecule has 0 amide bonds. The van der Waals surface area contributed by atoms with E-state index < -0.39 is 11.6 Å². The molecular weight excluding hydrogens is 426 g/mol. The monoisotopic (exact) mass is 430 g/mol. The second kappa shape index (κ2) is 5.55. The molecule has 2 nitrogen and oxygen atoms in total. The van der Waals surface area contributed by atoms with Crippen LogP contribution in [0.3, 0.4) is 0 Å². The summed E-state index contributed by atoms with van der Waals surface area (Å²) < 4.78 is 20.7. The summed E-state index contributed by atoms with van der Waals surface area (Å²) in [5, 5.41) is 0.634. The molecule has 3 rings (SSSR count). The molecule has 0 saturated heterocycles. The molecule has 0 radical (unpaired) electrons. The molecule has 0 aliphatic rings. The van der Waals surface area contributed by atoms with Crippen molar-refractivity contribution in [1.82, 2.24) is 0 Å². The van der Waals surface area contributed by atoms with Crippen LogP contribution in [-0.4, -0.2) is 5.78 Å². The highest BCUT2D eigenvalue weighted by Gasteiger charge is 2.21. The van der Waals surface area contributed by atoms with Gasteiger partial charge >= 0.3 is 0 Å². The van der Waals surface area contributed by atoms with E-state index in [2.05, 4.69) is 31.9 Å². The molecule has 0 aliphatic carbocycles. The van der Waals surface area contributed by atoms with Crippen molar-refractivity contribution in [2.75, 3.05) is 0 Å². The molecule has 106 valence electrons. The van der Waals surface area contributed by atoms with Gasteiger partial charge in [-0.15, -0.1) is 0 Å². The number of halogens is 4. The van der Waals surface area contributed by atoms with Crippen molar-refractivity contribution in [3.8, 4) is 0 Å². The first kappa shape index (κ1) is 14.8. The van der Waals surface area contributed by atoms with Gasteiger partial charge in [0.25, 0.3) is 0 Å². The van der Waals surface area contributed by atoms with Gasteiger partial charge in [0.05, 0.1) is 15.1 Å². The van der Waals surface area contributed by atoms with E-state index in [9.17, 15) is 9.18 Å². The molecule has 0 saturated carbocycles. The Labute approximate surface area is 141 Å². The van der Waals surface area contributed by atoms with Crippen LogP contribution in [0.2, 0.25) is 5.02 Å². The molecule has 6 heteroatoms. The predicted octanol–water partition coefficient (Wildman–Crippen LogP) is 5.98. The summed E-state index contributed by atoms with van der Waals surface area (Å²) in [5.41, 5.74) is 0.419. The van der Waals surface area contributed by atoms with Crippen molar-refractivity contribution < 1.29 is 13.6 Å². The molecule has 0 atom stereocenters. The summed E-state index contributed by atoms with van der Waals surface area (Å²) in [4.78, 5) is 12.4. The van der Waals surface area contributed by atoms with Crippen LogP contribution in [0.5, 0.6) is 0 Å². The van der Waals surface area contributed by atoms with E-state index in [1.165, 1.54) is 12.1 Å². The molecular formula is C15H6Br2ClFO2. The summed E-state index contributed by atoms with van der Waals surface area (Å²) in [7, 11) is 0. The fourth-order valence-corrected chi connectivity index (χ4v) is 2.91. The number of para-hydroxylation sites is 1. The molecule has 3 aromatic rings. The van der Waals surface area contributed by atoms with Crippen LogP contribution in [0.4, 0.5) is 4.39 Å². The van der Waals surface area contributed by atoms with Gasteiger partial charge in [-0.25, -0.2) is 4.39 Å². The Morgan fingerprint density at radius 2 is 1.90 bits per heavy atom. The van der Waals surface area contributed by atoms with E-state index in [-0.39, 0.29) is 16.3 Å². The molecule has 1 heterocycles. The Hall–Kier alpha value is -1.17. The lowest BCUT2D eigenvalue weighted by Gasteiger charge is -2.03. The number of carbonyl (C=O) groups is 1. The maximum Gasteiger partial charge on any atom is 0.231 e. The largest absolute Gasteiger partial charge is 0.451 e. The van der Waals surface area contributed by atoms with Gasteiger partial charge in [-0.1, -0.05) is 23.7 Å². The van der Waals surface area contributed by atoms with Crippen molar-refractivity contribution in [1.29, 1.82) is 0 Å². The maximum absolute atomic E-state index is 14.1. The minimum Gasteiger partial charge on any atom is -0.451 e. The van der Waals surface area contributed by atoms with Crippen LogP contribution in [0.15, 0.2) is 49.8 Å². The van der Waals surface area contributed by atoms with E-state index in [1.54, 1.807) is 12.1 Å². The zero-order valence-corrected chi connectivity index (χ0v) is 14.2. The standard InChI is InChI=1S/C15H6Br2ClFO2/c16-9-5-4-8(13(19)12(9)18)14(20)11-6-7-2-1-3-10(17)15(7)21-11/h1-6H. The van der Waals surface area contributed by atoms with Gasteiger partial charge in [0, 0.05) is 9.86 Å². The van der Waals surface area contributed by atoms with E-state index in [0.29, 0.717) is 10.1 Å². The molecule has 1 aromatic heterocycles. The highest BCUT2D eigenvalue weighted by Crippen LogP contribution is 2.31. The van der Waals surface area contributed by atoms with Crippen LogP contribution >= 0.6 is 43.5 Å². The third-order valence-corrected chi connectivity index (χ3v) is 4.88. The van der Waals surface area contributed by atoms with Crippen LogP contribution in [0.25, 0.3) is 11.0 Å². The van der Waals surface area contributed by atoms with Gasteiger partial charge in [0.2, 0.25) is 5.78 Å². The van der Waals surface area contributed by atoms with Gasteiger partial charge in [-0.2, -0.15) is 0 Å². The van der Waals surface area contributed by atoms with Crippen LogP contribution < -0.4 is 0 Å². The third kappa shape index (κ3) is 2.54. The molecule has 0 spiro atoms.